The normalized spacial score (nSPS) is 22.7. The van der Waals surface area contributed by atoms with Crippen LogP contribution >= 0.6 is 0 Å². The number of rotatable bonds is 6. The molecule has 1 aliphatic heterocycles. The van der Waals surface area contributed by atoms with Gasteiger partial charge >= 0.3 is 6.03 Å². The molecule has 1 saturated heterocycles. The number of hydrogen-bond acceptors (Lipinski definition) is 12. The Balaban J connectivity index is 1.48. The molecule has 15 heteroatoms. The second-order valence-electron chi connectivity index (χ2n) is 6.96. The Morgan fingerprint density at radius 2 is 2.03 bits per heavy atom. The molecule has 15 nitrogen and oxygen atoms in total. The fraction of sp³-hybridized carbons (Fsp3) is 0.333. The van der Waals surface area contributed by atoms with E-state index in [9.17, 15) is 20.1 Å². The number of nitrogens with two attached hydrogens (primary N) is 1. The van der Waals surface area contributed by atoms with Gasteiger partial charge in [0.05, 0.1) is 20.0 Å². The average Bonchev–Trinajstić information content (AvgIpc) is 3.35. The fourth-order valence-corrected chi connectivity index (χ4v) is 3.22. The summed E-state index contributed by atoms with van der Waals surface area (Å²) in [5.74, 6) is 0.419. The fourth-order valence-electron chi connectivity index (χ4n) is 3.22. The number of imidazole rings is 1. The van der Waals surface area contributed by atoms with Gasteiger partial charge in [-0.05, 0) is 24.3 Å². The van der Waals surface area contributed by atoms with Crippen LogP contribution in [-0.2, 0) is 4.74 Å². The molecule has 33 heavy (non-hydrogen) atoms. The number of carbonyl (C=O) groups is 1. The van der Waals surface area contributed by atoms with Crippen LogP contribution < -0.4 is 21.2 Å². The van der Waals surface area contributed by atoms with E-state index in [1.807, 2.05) is 0 Å². The standard InChI is InChI=1S/C18H21N9O6/c1-32-9-4-2-8(3-5-9)21-18(31)25-26-24-17-22-14(19)11-15(23-17)27(7-20-11)16-13(30)12(29)10(6-28)33-16/h2-5,7,10,12-13,16,28-30H,6H2,1H3,(H4,19,21,22,23,24,25,31)/t10-,12-,13-,16-/m1/s1. The Kier molecular flexibility index (Phi) is 6.27. The number of nitrogen functional groups attached to an aromatic ring is 1. The number of benzene rings is 1. The first-order valence-corrected chi connectivity index (χ1v) is 9.65. The molecule has 7 N–H and O–H groups in total. The molecule has 174 valence electrons. The molecule has 3 heterocycles. The summed E-state index contributed by atoms with van der Waals surface area (Å²) in [7, 11) is 1.53. The van der Waals surface area contributed by atoms with Crippen molar-refractivity contribution in [2.75, 3.05) is 24.8 Å². The van der Waals surface area contributed by atoms with Crippen molar-refractivity contribution >= 4 is 34.6 Å². The third kappa shape index (κ3) is 4.51. The molecular formula is C18H21N9O6. The van der Waals surface area contributed by atoms with E-state index in [4.69, 9.17) is 15.2 Å². The van der Waals surface area contributed by atoms with Gasteiger partial charge in [-0.15, -0.1) is 0 Å². The number of anilines is 2. The van der Waals surface area contributed by atoms with Gasteiger partial charge in [0.25, 0.3) is 5.95 Å². The Hall–Kier alpha value is -3.92. The van der Waals surface area contributed by atoms with Crippen molar-refractivity contribution in [2.24, 2.45) is 10.3 Å². The molecule has 0 radical (unpaired) electrons. The lowest BCUT2D eigenvalue weighted by Gasteiger charge is -2.16. The van der Waals surface area contributed by atoms with E-state index in [2.05, 4.69) is 36.0 Å². The van der Waals surface area contributed by atoms with Crippen molar-refractivity contribution in [3.8, 4) is 5.75 Å². The third-order valence-electron chi connectivity index (χ3n) is 4.87. The number of fused-ring (bicyclic) bond motifs is 1. The van der Waals surface area contributed by atoms with Gasteiger partial charge in [0.15, 0.2) is 17.7 Å². The molecule has 4 atom stereocenters. The molecule has 2 aromatic heterocycles. The zero-order chi connectivity index (χ0) is 23.5. The Morgan fingerprint density at radius 3 is 2.70 bits per heavy atom. The first-order chi connectivity index (χ1) is 15.9. The Bertz CT molecular complexity index is 1170. The zero-order valence-corrected chi connectivity index (χ0v) is 17.2. The number of aliphatic hydroxyl groups is 3. The summed E-state index contributed by atoms with van der Waals surface area (Å²) in [6.07, 6.45) is -3.39. The molecule has 2 amide bonds. The van der Waals surface area contributed by atoms with Crippen molar-refractivity contribution < 1.29 is 29.6 Å². The number of nitrogens with zero attached hydrogens (tertiary/aromatic N) is 6. The molecule has 1 fully saturated rings. The first kappa shape index (κ1) is 22.3. The Morgan fingerprint density at radius 1 is 1.27 bits per heavy atom. The largest absolute Gasteiger partial charge is 0.497 e. The van der Waals surface area contributed by atoms with E-state index in [1.165, 1.54) is 18.0 Å². The highest BCUT2D eigenvalue weighted by molar-refractivity contribution is 5.89. The summed E-state index contributed by atoms with van der Waals surface area (Å²) in [6, 6.07) is 5.99. The van der Waals surface area contributed by atoms with Crippen LogP contribution in [0.4, 0.5) is 22.2 Å². The van der Waals surface area contributed by atoms with Crippen molar-refractivity contribution in [1.82, 2.24) is 24.9 Å². The van der Waals surface area contributed by atoms with Gasteiger partial charge in [0.1, 0.15) is 29.6 Å². The maximum atomic E-state index is 12.0. The van der Waals surface area contributed by atoms with Crippen LogP contribution in [0.5, 0.6) is 5.75 Å². The monoisotopic (exact) mass is 459 g/mol. The maximum absolute atomic E-state index is 12.0. The van der Waals surface area contributed by atoms with Crippen LogP contribution in [0.15, 0.2) is 40.9 Å². The van der Waals surface area contributed by atoms with Crippen LogP contribution in [0, 0.1) is 0 Å². The minimum atomic E-state index is -1.34. The zero-order valence-electron chi connectivity index (χ0n) is 17.2. The highest BCUT2D eigenvalue weighted by Crippen LogP contribution is 2.32. The first-order valence-electron chi connectivity index (χ1n) is 9.65. The topological polar surface area (TPSA) is 215 Å². The van der Waals surface area contributed by atoms with Crippen LogP contribution in [0.2, 0.25) is 0 Å². The number of aromatic nitrogens is 4. The number of carbonyl (C=O) groups excluding carboxylic acids is 1. The third-order valence-corrected chi connectivity index (χ3v) is 4.87. The number of methoxy groups -OCH3 is 1. The SMILES string of the molecule is COc1ccc(NC(=O)NN=Nc2nc(N)c3ncn([C@@H]4O[C@H](CO)[C@@H](O)[C@H]4O)c3n2)cc1. The van der Waals surface area contributed by atoms with E-state index in [1.54, 1.807) is 24.3 Å². The molecule has 4 rings (SSSR count). The summed E-state index contributed by atoms with van der Waals surface area (Å²) >= 11 is 0. The summed E-state index contributed by atoms with van der Waals surface area (Å²) in [5, 5.41) is 39.4. The summed E-state index contributed by atoms with van der Waals surface area (Å²) in [6.45, 7) is -0.484. The van der Waals surface area contributed by atoms with E-state index in [-0.39, 0.29) is 22.9 Å². The summed E-state index contributed by atoms with van der Waals surface area (Å²) < 4.78 is 11.9. The predicted molar refractivity (Wildman–Crippen MR) is 112 cm³/mol. The minimum Gasteiger partial charge on any atom is -0.497 e. The number of amides is 2. The van der Waals surface area contributed by atoms with Gasteiger partial charge in [-0.25, -0.2) is 15.2 Å². The number of urea groups is 1. The molecule has 0 unspecified atom stereocenters. The van der Waals surface area contributed by atoms with Crippen molar-refractivity contribution in [3.63, 3.8) is 0 Å². The molecular weight excluding hydrogens is 438 g/mol. The Labute approximate surface area is 185 Å². The number of ether oxygens (including phenoxy) is 2. The quantitative estimate of drug-likeness (QED) is 0.212. The molecule has 0 bridgehead atoms. The second kappa shape index (κ2) is 9.29. The number of nitrogens with one attached hydrogen (secondary N) is 2. The van der Waals surface area contributed by atoms with E-state index in [0.717, 1.165) is 0 Å². The smallest absolute Gasteiger partial charge is 0.341 e. The molecule has 1 aliphatic rings. The van der Waals surface area contributed by atoms with Gasteiger partial charge in [-0.1, -0.05) is 10.3 Å². The molecule has 1 aromatic carbocycles. The van der Waals surface area contributed by atoms with Crippen LogP contribution in [0.25, 0.3) is 11.2 Å². The maximum Gasteiger partial charge on any atom is 0.341 e. The van der Waals surface area contributed by atoms with Gasteiger partial charge in [0.2, 0.25) is 0 Å². The van der Waals surface area contributed by atoms with Crippen LogP contribution in [0.1, 0.15) is 6.23 Å². The van der Waals surface area contributed by atoms with Crippen molar-refractivity contribution in [1.29, 1.82) is 0 Å². The van der Waals surface area contributed by atoms with Gasteiger partial charge in [-0.2, -0.15) is 9.97 Å². The molecule has 0 spiro atoms. The van der Waals surface area contributed by atoms with Crippen LogP contribution in [-0.4, -0.2) is 72.9 Å². The lowest BCUT2D eigenvalue weighted by Crippen LogP contribution is -2.33. The highest BCUT2D eigenvalue weighted by Gasteiger charge is 2.44. The highest BCUT2D eigenvalue weighted by atomic mass is 16.6. The van der Waals surface area contributed by atoms with Crippen molar-refractivity contribution in [3.05, 3.63) is 30.6 Å². The van der Waals surface area contributed by atoms with Crippen molar-refractivity contribution in [2.45, 2.75) is 24.5 Å². The van der Waals surface area contributed by atoms with Gasteiger partial charge in [0, 0.05) is 5.69 Å². The average molecular weight is 459 g/mol. The molecule has 0 aliphatic carbocycles. The summed E-state index contributed by atoms with van der Waals surface area (Å²) in [5.41, 5.74) is 8.94. The molecule has 0 saturated carbocycles. The summed E-state index contributed by atoms with van der Waals surface area (Å²) in [4.78, 5) is 24.2. The molecule has 3 aromatic rings. The van der Waals surface area contributed by atoms with E-state index >= 15 is 0 Å². The number of hydrogen-bond donors (Lipinski definition) is 6. The van der Waals surface area contributed by atoms with Gasteiger partial charge < -0.3 is 35.8 Å². The van der Waals surface area contributed by atoms with Crippen LogP contribution in [0.3, 0.4) is 0 Å². The minimum absolute atomic E-state index is 0.0258. The predicted octanol–water partition coefficient (Wildman–Crippen LogP) is -0.151. The van der Waals surface area contributed by atoms with E-state index in [0.29, 0.717) is 11.4 Å². The second-order valence-corrected chi connectivity index (χ2v) is 6.96. The lowest BCUT2D eigenvalue weighted by molar-refractivity contribution is -0.0511. The lowest BCUT2D eigenvalue weighted by atomic mass is 10.1. The number of aliphatic hydroxyl groups excluding tert-OH is 3. The van der Waals surface area contributed by atoms with E-state index < -0.39 is 37.2 Å². The van der Waals surface area contributed by atoms with Gasteiger partial charge in [-0.3, -0.25) is 4.57 Å².